The number of fused-ring (bicyclic) bond motifs is 1. The summed E-state index contributed by atoms with van der Waals surface area (Å²) in [6.45, 7) is 2.09. The van der Waals surface area contributed by atoms with Crippen molar-refractivity contribution in [1.29, 1.82) is 5.26 Å². The minimum atomic E-state index is -0.472. The van der Waals surface area contributed by atoms with Crippen LogP contribution in [0, 0.1) is 11.3 Å². The number of nitrogens with zero attached hydrogens (tertiary/aromatic N) is 1. The van der Waals surface area contributed by atoms with E-state index in [4.69, 9.17) is 4.74 Å². The number of H-pyrrole nitrogens is 1. The molecule has 0 spiro atoms. The number of para-hydroxylation sites is 1. The summed E-state index contributed by atoms with van der Waals surface area (Å²) in [6, 6.07) is 9.89. The first-order chi connectivity index (χ1) is 8.76. The van der Waals surface area contributed by atoms with Crippen LogP contribution < -0.4 is 0 Å². The number of aromatic amines is 1. The molecule has 1 aromatic heterocycles. The third kappa shape index (κ3) is 2.35. The van der Waals surface area contributed by atoms with Gasteiger partial charge in [-0.3, -0.25) is 4.79 Å². The van der Waals surface area contributed by atoms with Crippen LogP contribution in [0.25, 0.3) is 10.9 Å². The van der Waals surface area contributed by atoms with Crippen molar-refractivity contribution in [2.75, 3.05) is 6.61 Å². The fourth-order valence-electron chi connectivity index (χ4n) is 1.99. The Hall–Kier alpha value is -2.28. The van der Waals surface area contributed by atoms with E-state index in [2.05, 4.69) is 11.1 Å². The van der Waals surface area contributed by atoms with Gasteiger partial charge < -0.3 is 9.72 Å². The molecule has 0 aliphatic carbocycles. The molecule has 92 valence electrons. The second-order valence-corrected chi connectivity index (χ2v) is 3.98. The van der Waals surface area contributed by atoms with Crippen molar-refractivity contribution in [2.24, 2.45) is 0 Å². The summed E-state index contributed by atoms with van der Waals surface area (Å²) >= 11 is 0. The van der Waals surface area contributed by atoms with Crippen molar-refractivity contribution < 1.29 is 9.53 Å². The van der Waals surface area contributed by atoms with Gasteiger partial charge in [0.15, 0.2) is 0 Å². The summed E-state index contributed by atoms with van der Waals surface area (Å²) in [5.74, 6) is -0.811. The van der Waals surface area contributed by atoms with Gasteiger partial charge >= 0.3 is 5.97 Å². The lowest BCUT2D eigenvalue weighted by atomic mass is 9.97. The van der Waals surface area contributed by atoms with E-state index in [0.29, 0.717) is 6.61 Å². The average molecular weight is 242 g/mol. The van der Waals surface area contributed by atoms with Crippen LogP contribution in [-0.4, -0.2) is 17.6 Å². The maximum atomic E-state index is 11.5. The van der Waals surface area contributed by atoms with Crippen LogP contribution in [0.1, 0.15) is 24.8 Å². The minimum Gasteiger partial charge on any atom is -0.466 e. The number of benzene rings is 1. The molecule has 1 aromatic carbocycles. The molecule has 0 saturated heterocycles. The van der Waals surface area contributed by atoms with Crippen molar-refractivity contribution in [3.63, 3.8) is 0 Å². The first kappa shape index (κ1) is 12.2. The van der Waals surface area contributed by atoms with Crippen LogP contribution in [0.15, 0.2) is 30.5 Å². The number of hydrogen-bond donors (Lipinski definition) is 1. The Balaban J connectivity index is 2.28. The Bertz CT molecular complexity index is 595. The highest BCUT2D eigenvalue weighted by Crippen LogP contribution is 2.27. The summed E-state index contributed by atoms with van der Waals surface area (Å²) < 4.78 is 4.88. The number of nitriles is 1. The number of hydrogen-bond acceptors (Lipinski definition) is 3. The highest BCUT2D eigenvalue weighted by atomic mass is 16.5. The van der Waals surface area contributed by atoms with Crippen LogP contribution in [0.4, 0.5) is 0 Å². The molecule has 18 heavy (non-hydrogen) atoms. The summed E-state index contributed by atoms with van der Waals surface area (Å²) in [6.07, 6.45) is 1.88. The van der Waals surface area contributed by atoms with Gasteiger partial charge in [0.05, 0.1) is 25.0 Å². The van der Waals surface area contributed by atoms with Crippen molar-refractivity contribution in [3.05, 3.63) is 36.0 Å². The summed E-state index contributed by atoms with van der Waals surface area (Å²) in [4.78, 5) is 14.6. The van der Waals surface area contributed by atoms with Crippen molar-refractivity contribution >= 4 is 16.9 Å². The molecule has 0 aliphatic rings. The molecule has 2 aromatic rings. The van der Waals surface area contributed by atoms with Crippen LogP contribution in [-0.2, 0) is 9.53 Å². The van der Waals surface area contributed by atoms with Gasteiger partial charge in [0.2, 0.25) is 0 Å². The monoisotopic (exact) mass is 242 g/mol. The predicted molar refractivity (Wildman–Crippen MR) is 67.9 cm³/mol. The molecule has 4 heteroatoms. The summed E-state index contributed by atoms with van der Waals surface area (Å²) in [5, 5.41) is 10.2. The normalized spacial score (nSPS) is 12.0. The second kappa shape index (κ2) is 5.37. The van der Waals surface area contributed by atoms with Gasteiger partial charge in [-0.15, -0.1) is 0 Å². The van der Waals surface area contributed by atoms with E-state index in [1.165, 1.54) is 0 Å². The number of esters is 1. The van der Waals surface area contributed by atoms with Crippen LogP contribution >= 0.6 is 0 Å². The molecule has 4 nitrogen and oxygen atoms in total. The Morgan fingerprint density at radius 1 is 1.50 bits per heavy atom. The highest BCUT2D eigenvalue weighted by Gasteiger charge is 2.19. The SMILES string of the molecule is CCOC(=O)C[C@@H](C#N)c1c[nH]c2ccccc12. The topological polar surface area (TPSA) is 65.9 Å². The van der Waals surface area contributed by atoms with E-state index >= 15 is 0 Å². The molecule has 0 bridgehead atoms. The zero-order valence-corrected chi connectivity index (χ0v) is 10.1. The largest absolute Gasteiger partial charge is 0.466 e. The first-order valence-electron chi connectivity index (χ1n) is 5.87. The molecule has 0 unspecified atom stereocenters. The first-order valence-corrected chi connectivity index (χ1v) is 5.87. The van der Waals surface area contributed by atoms with Crippen molar-refractivity contribution in [1.82, 2.24) is 4.98 Å². The zero-order chi connectivity index (χ0) is 13.0. The number of ether oxygens (including phenoxy) is 1. The molecule has 1 atom stereocenters. The van der Waals surface area contributed by atoms with E-state index in [-0.39, 0.29) is 12.4 Å². The third-order valence-corrected chi connectivity index (χ3v) is 2.83. The molecule has 0 fully saturated rings. The lowest BCUT2D eigenvalue weighted by molar-refractivity contribution is -0.143. The number of aromatic nitrogens is 1. The standard InChI is InChI=1S/C14H14N2O2/c1-2-18-14(17)7-10(8-15)12-9-16-13-6-4-3-5-11(12)13/h3-6,9-10,16H,2,7H2,1H3/t10-/m0/s1. The summed E-state index contributed by atoms with van der Waals surface area (Å²) in [7, 11) is 0. The Morgan fingerprint density at radius 2 is 2.28 bits per heavy atom. The molecule has 0 aliphatic heterocycles. The van der Waals surface area contributed by atoms with Gasteiger partial charge in [-0.1, -0.05) is 18.2 Å². The third-order valence-electron chi connectivity index (χ3n) is 2.83. The molecule has 1 N–H and O–H groups in total. The molecule has 0 radical (unpaired) electrons. The maximum Gasteiger partial charge on any atom is 0.307 e. The average Bonchev–Trinajstić information content (AvgIpc) is 2.80. The molecule has 0 saturated carbocycles. The quantitative estimate of drug-likeness (QED) is 0.838. The fraction of sp³-hybridized carbons (Fsp3) is 0.286. The zero-order valence-electron chi connectivity index (χ0n) is 10.1. The fourth-order valence-corrected chi connectivity index (χ4v) is 1.99. The Kier molecular flexibility index (Phi) is 3.63. The van der Waals surface area contributed by atoms with Gasteiger partial charge in [-0.2, -0.15) is 5.26 Å². The van der Waals surface area contributed by atoms with E-state index in [9.17, 15) is 10.1 Å². The Morgan fingerprint density at radius 3 is 3.00 bits per heavy atom. The van der Waals surface area contributed by atoms with E-state index in [0.717, 1.165) is 16.5 Å². The number of carbonyl (C=O) groups excluding carboxylic acids is 1. The van der Waals surface area contributed by atoms with Gasteiger partial charge in [-0.25, -0.2) is 0 Å². The van der Waals surface area contributed by atoms with Gasteiger partial charge in [0.25, 0.3) is 0 Å². The molecular formula is C14H14N2O2. The van der Waals surface area contributed by atoms with Gasteiger partial charge in [0, 0.05) is 17.1 Å². The molecule has 1 heterocycles. The van der Waals surface area contributed by atoms with Crippen molar-refractivity contribution in [3.8, 4) is 6.07 Å². The maximum absolute atomic E-state index is 11.5. The lowest BCUT2D eigenvalue weighted by Gasteiger charge is -2.07. The van der Waals surface area contributed by atoms with Crippen LogP contribution in [0.2, 0.25) is 0 Å². The van der Waals surface area contributed by atoms with E-state index in [1.54, 1.807) is 13.1 Å². The smallest absolute Gasteiger partial charge is 0.307 e. The predicted octanol–water partition coefficient (Wildman–Crippen LogP) is 2.73. The molecule has 0 amide bonds. The number of nitrogens with one attached hydrogen (secondary N) is 1. The molecular weight excluding hydrogens is 228 g/mol. The molecule has 2 rings (SSSR count). The van der Waals surface area contributed by atoms with Gasteiger partial charge in [0.1, 0.15) is 0 Å². The van der Waals surface area contributed by atoms with Crippen LogP contribution in [0.3, 0.4) is 0 Å². The minimum absolute atomic E-state index is 0.0895. The van der Waals surface area contributed by atoms with Crippen molar-refractivity contribution in [2.45, 2.75) is 19.3 Å². The lowest BCUT2D eigenvalue weighted by Crippen LogP contribution is -2.09. The van der Waals surface area contributed by atoms with Gasteiger partial charge in [-0.05, 0) is 18.6 Å². The van der Waals surface area contributed by atoms with E-state index in [1.807, 2.05) is 24.3 Å². The Labute approximate surface area is 105 Å². The number of rotatable bonds is 4. The summed E-state index contributed by atoms with van der Waals surface area (Å²) in [5.41, 5.74) is 1.82. The number of carbonyl (C=O) groups is 1. The van der Waals surface area contributed by atoms with E-state index < -0.39 is 5.92 Å². The van der Waals surface area contributed by atoms with Crippen LogP contribution in [0.5, 0.6) is 0 Å². The second-order valence-electron chi connectivity index (χ2n) is 3.98. The highest BCUT2D eigenvalue weighted by molar-refractivity contribution is 5.85.